The van der Waals surface area contributed by atoms with Gasteiger partial charge in [0.15, 0.2) is 0 Å². The third kappa shape index (κ3) is 6.24. The number of ether oxygens (including phenoxy) is 1. The minimum absolute atomic E-state index is 0.0255. The Morgan fingerprint density at radius 1 is 1.20 bits per heavy atom. The summed E-state index contributed by atoms with van der Waals surface area (Å²) in [7, 11) is 0. The summed E-state index contributed by atoms with van der Waals surface area (Å²) in [5.74, 6) is 0.844. The maximum Gasteiger partial charge on any atom is 0.410 e. The van der Waals surface area contributed by atoms with Crippen LogP contribution in [0.25, 0.3) is 0 Å². The Morgan fingerprint density at radius 2 is 1.91 bits per heavy atom. The summed E-state index contributed by atoms with van der Waals surface area (Å²) in [5, 5.41) is 17.9. The van der Waals surface area contributed by atoms with E-state index in [-0.39, 0.29) is 23.6 Å². The lowest BCUT2D eigenvalue weighted by atomic mass is 10.1. The number of aliphatic imine (C=N–C) groups is 2. The normalized spacial score (nSPS) is 23.2. The first-order valence-corrected chi connectivity index (χ1v) is 12.1. The van der Waals surface area contributed by atoms with E-state index in [9.17, 15) is 14.9 Å². The molecule has 12 nitrogen and oxygen atoms in total. The number of nitro groups is 1. The highest BCUT2D eigenvalue weighted by atomic mass is 16.6. The Hall–Kier alpha value is -3.28. The van der Waals surface area contributed by atoms with E-state index in [0.29, 0.717) is 38.0 Å². The Balaban J connectivity index is 1.29. The van der Waals surface area contributed by atoms with Gasteiger partial charge in [0.2, 0.25) is 5.96 Å². The zero-order chi connectivity index (χ0) is 25.1. The fourth-order valence-electron chi connectivity index (χ4n) is 4.42. The van der Waals surface area contributed by atoms with Crippen molar-refractivity contribution in [3.05, 3.63) is 28.4 Å². The lowest BCUT2D eigenvalue weighted by molar-refractivity contribution is -0.551. The highest BCUT2D eigenvalue weighted by Crippen LogP contribution is 2.22. The number of rotatable bonds is 5. The maximum absolute atomic E-state index is 12.3. The average molecular weight is 487 g/mol. The second kappa shape index (κ2) is 10.1. The van der Waals surface area contributed by atoms with Gasteiger partial charge in [-0.05, 0) is 45.7 Å². The van der Waals surface area contributed by atoms with Crippen molar-refractivity contribution in [2.24, 2.45) is 9.98 Å². The molecule has 12 heteroatoms. The van der Waals surface area contributed by atoms with Crippen LogP contribution >= 0.6 is 0 Å². The lowest BCUT2D eigenvalue weighted by Crippen LogP contribution is -2.60. The van der Waals surface area contributed by atoms with Crippen LogP contribution in [0.4, 0.5) is 16.3 Å². The van der Waals surface area contributed by atoms with Gasteiger partial charge >= 0.3 is 11.8 Å². The van der Waals surface area contributed by atoms with E-state index in [2.05, 4.69) is 30.5 Å². The number of nitrogens with zero attached hydrogens (tertiary/aromatic N) is 6. The first-order valence-electron chi connectivity index (χ1n) is 12.1. The minimum atomic E-state index is -1.46. The molecule has 3 aliphatic rings. The van der Waals surface area contributed by atoms with Crippen LogP contribution in [-0.4, -0.2) is 83.1 Å². The van der Waals surface area contributed by atoms with Crippen molar-refractivity contribution >= 4 is 29.8 Å². The Labute approximate surface area is 205 Å². The summed E-state index contributed by atoms with van der Waals surface area (Å²) in [4.78, 5) is 40.5. The molecular weight excluding hydrogens is 452 g/mol. The fraction of sp³-hybridized carbons (Fsp3) is 0.652. The molecule has 1 saturated carbocycles. The molecule has 1 saturated heterocycles. The average Bonchev–Trinajstić information content (AvgIpc) is 3.33. The molecule has 0 aromatic carbocycles. The van der Waals surface area contributed by atoms with Crippen LogP contribution in [0.3, 0.4) is 0 Å². The van der Waals surface area contributed by atoms with Crippen molar-refractivity contribution < 1.29 is 14.5 Å². The van der Waals surface area contributed by atoms with Gasteiger partial charge in [-0.25, -0.2) is 25.1 Å². The summed E-state index contributed by atoms with van der Waals surface area (Å²) in [6, 6.07) is 3.88. The van der Waals surface area contributed by atoms with Crippen LogP contribution in [0.15, 0.2) is 28.3 Å². The summed E-state index contributed by atoms with van der Waals surface area (Å²) in [5.41, 5.74) is -1.02. The molecule has 0 radical (unpaired) electrons. The largest absolute Gasteiger partial charge is 0.444 e. The van der Waals surface area contributed by atoms with Crippen LogP contribution in [0.1, 0.15) is 46.5 Å². The van der Waals surface area contributed by atoms with Crippen LogP contribution < -0.4 is 15.5 Å². The minimum Gasteiger partial charge on any atom is -0.444 e. The van der Waals surface area contributed by atoms with Crippen LogP contribution in [0.2, 0.25) is 0 Å². The first-order chi connectivity index (χ1) is 16.6. The summed E-state index contributed by atoms with van der Waals surface area (Å²) in [6.45, 7) is 8.07. The molecule has 1 aromatic rings. The number of carbonyl (C=O) groups excluding carboxylic acids is 1. The van der Waals surface area contributed by atoms with Gasteiger partial charge in [-0.1, -0.05) is 12.8 Å². The third-order valence-electron chi connectivity index (χ3n) is 6.29. The van der Waals surface area contributed by atoms with Crippen LogP contribution in [-0.2, 0) is 4.74 Å². The highest BCUT2D eigenvalue weighted by Gasteiger charge is 2.45. The van der Waals surface area contributed by atoms with Gasteiger partial charge in [0.25, 0.3) is 0 Å². The van der Waals surface area contributed by atoms with Gasteiger partial charge in [-0.15, -0.1) is 0 Å². The highest BCUT2D eigenvalue weighted by molar-refractivity contribution is 6.00. The predicted molar refractivity (Wildman–Crippen MR) is 134 cm³/mol. The molecule has 35 heavy (non-hydrogen) atoms. The van der Waals surface area contributed by atoms with Gasteiger partial charge < -0.3 is 19.9 Å². The fourth-order valence-corrected chi connectivity index (χ4v) is 4.42. The van der Waals surface area contributed by atoms with E-state index in [1.165, 1.54) is 6.21 Å². The number of aromatic nitrogens is 1. The molecule has 1 amide bonds. The van der Waals surface area contributed by atoms with Crippen molar-refractivity contribution in [3.8, 4) is 0 Å². The van der Waals surface area contributed by atoms with Crippen molar-refractivity contribution in [2.75, 3.05) is 42.9 Å². The quantitative estimate of drug-likeness (QED) is 0.368. The number of amides is 1. The number of piperazine rings is 1. The number of anilines is 2. The van der Waals surface area contributed by atoms with E-state index >= 15 is 0 Å². The molecule has 1 aromatic heterocycles. The first kappa shape index (κ1) is 24.8. The molecule has 2 aliphatic heterocycles. The smallest absolute Gasteiger partial charge is 0.410 e. The number of carbonyl (C=O) groups is 1. The second-order valence-electron chi connectivity index (χ2n) is 10.2. The Bertz CT molecular complexity index is 976. The van der Waals surface area contributed by atoms with E-state index in [1.54, 1.807) is 11.1 Å². The summed E-state index contributed by atoms with van der Waals surface area (Å²) < 4.78 is 5.45. The topological polar surface area (TPSA) is 138 Å². The monoisotopic (exact) mass is 486 g/mol. The third-order valence-corrected chi connectivity index (χ3v) is 6.29. The molecule has 2 fully saturated rings. The zero-order valence-electron chi connectivity index (χ0n) is 20.6. The second-order valence-corrected chi connectivity index (χ2v) is 10.2. The molecule has 0 spiro atoms. The number of hydrogen-bond donors (Lipinski definition) is 2. The number of nitrogens with one attached hydrogen (secondary N) is 2. The van der Waals surface area contributed by atoms with Gasteiger partial charge in [0.1, 0.15) is 24.2 Å². The number of guanidine groups is 1. The number of hydrogen-bond acceptors (Lipinski definition) is 10. The van der Waals surface area contributed by atoms with Crippen molar-refractivity contribution in [1.29, 1.82) is 0 Å². The summed E-state index contributed by atoms with van der Waals surface area (Å²) in [6.07, 6.45) is 6.85. The summed E-state index contributed by atoms with van der Waals surface area (Å²) >= 11 is 0. The molecular formula is C23H34N8O4. The molecule has 0 bridgehead atoms. The Morgan fingerprint density at radius 3 is 2.46 bits per heavy atom. The van der Waals surface area contributed by atoms with Crippen LogP contribution in [0.5, 0.6) is 0 Å². The van der Waals surface area contributed by atoms with Crippen molar-refractivity contribution in [3.63, 3.8) is 0 Å². The molecule has 2 N–H and O–H groups in total. The van der Waals surface area contributed by atoms with Gasteiger partial charge in [0.05, 0.1) is 16.8 Å². The number of pyridine rings is 1. The van der Waals surface area contributed by atoms with Crippen molar-refractivity contribution in [2.45, 2.75) is 63.8 Å². The van der Waals surface area contributed by atoms with Gasteiger partial charge in [0, 0.05) is 32.2 Å². The Kier molecular flexibility index (Phi) is 7.20. The standard InChI is InChI=1S/C23H34N8O4/c1-22(2,3)35-21(32)30-12-10-29(11-13-30)18-8-9-19(24-14-18)27-20-25-15-23(16-26-20,31(33)34)28-17-6-4-5-7-17/h8-9,14-15,17,28H,4-7,10-13,16H2,1-3H3,(H,24,26,27). The van der Waals surface area contributed by atoms with E-state index in [0.717, 1.165) is 31.4 Å². The maximum atomic E-state index is 12.3. The predicted octanol–water partition coefficient (Wildman–Crippen LogP) is 2.50. The lowest BCUT2D eigenvalue weighted by Gasteiger charge is -2.36. The van der Waals surface area contributed by atoms with Crippen molar-refractivity contribution in [1.82, 2.24) is 15.2 Å². The SMILES string of the molecule is CC(C)(C)OC(=O)N1CCN(c2ccc(NC3=NCC(NC4CCCC4)([N+](=O)[O-])C=N3)nc2)CC1. The van der Waals surface area contributed by atoms with Gasteiger partial charge in [-0.2, -0.15) is 0 Å². The van der Waals surface area contributed by atoms with E-state index in [1.807, 2.05) is 32.9 Å². The van der Waals surface area contributed by atoms with E-state index < -0.39 is 11.3 Å². The molecule has 1 unspecified atom stereocenters. The van der Waals surface area contributed by atoms with Gasteiger partial charge in [-0.3, -0.25) is 10.1 Å². The molecule has 190 valence electrons. The molecule has 4 rings (SSSR count). The molecule has 3 heterocycles. The zero-order valence-corrected chi connectivity index (χ0v) is 20.6. The van der Waals surface area contributed by atoms with Crippen LogP contribution in [0, 0.1) is 10.1 Å². The molecule has 1 aliphatic carbocycles. The molecule has 1 atom stereocenters. The van der Waals surface area contributed by atoms with E-state index in [4.69, 9.17) is 4.74 Å².